The summed E-state index contributed by atoms with van der Waals surface area (Å²) in [6.07, 6.45) is 3.44. The number of amides is 1. The van der Waals surface area contributed by atoms with Gasteiger partial charge in [0, 0.05) is 32.4 Å². The van der Waals surface area contributed by atoms with E-state index in [1.807, 2.05) is 6.92 Å². The fourth-order valence-corrected chi connectivity index (χ4v) is 4.37. The van der Waals surface area contributed by atoms with Crippen LogP contribution in [0.3, 0.4) is 0 Å². The maximum Gasteiger partial charge on any atom is 0.270 e. The Kier molecular flexibility index (Phi) is 7.04. The second kappa shape index (κ2) is 8.82. The molecule has 1 aliphatic heterocycles. The first-order chi connectivity index (χ1) is 11.9. The van der Waals surface area contributed by atoms with Crippen molar-refractivity contribution in [1.29, 1.82) is 0 Å². The van der Waals surface area contributed by atoms with Gasteiger partial charge >= 0.3 is 0 Å². The third kappa shape index (κ3) is 4.62. The highest BCUT2D eigenvalue weighted by atomic mass is 32.2. The number of H-pyrrole nitrogens is 1. The van der Waals surface area contributed by atoms with Gasteiger partial charge in [0.25, 0.3) is 5.91 Å². The molecule has 0 bridgehead atoms. The molecule has 1 aromatic rings. The molecule has 0 aliphatic carbocycles. The second-order valence-corrected chi connectivity index (χ2v) is 8.23. The molecule has 7 nitrogen and oxygen atoms in total. The van der Waals surface area contributed by atoms with Crippen LogP contribution < -0.4 is 0 Å². The third-order valence-electron chi connectivity index (χ3n) is 4.80. The number of hydrogen-bond acceptors (Lipinski definition) is 4. The van der Waals surface area contributed by atoms with E-state index in [4.69, 9.17) is 4.74 Å². The molecule has 1 aromatic heterocycles. The quantitative estimate of drug-likeness (QED) is 0.757. The topological polar surface area (TPSA) is 82.7 Å². The highest BCUT2D eigenvalue weighted by molar-refractivity contribution is 7.89. The molecule has 0 atom stereocenters. The first-order valence-corrected chi connectivity index (χ1v) is 10.4. The number of aromatic nitrogens is 1. The zero-order valence-corrected chi connectivity index (χ0v) is 16.1. The molecule has 8 heteroatoms. The molecule has 0 aromatic carbocycles. The number of rotatable bonds is 8. The Balaban J connectivity index is 2.14. The van der Waals surface area contributed by atoms with Crippen molar-refractivity contribution in [3.05, 3.63) is 18.0 Å². The van der Waals surface area contributed by atoms with E-state index in [-0.39, 0.29) is 10.8 Å². The van der Waals surface area contributed by atoms with Gasteiger partial charge in [-0.3, -0.25) is 4.79 Å². The number of carbonyl (C=O) groups is 1. The van der Waals surface area contributed by atoms with Gasteiger partial charge in [-0.1, -0.05) is 26.7 Å². The SMILES string of the molecule is CCC(CC)CN(CC)C(=O)c1cc(S(=O)(=O)N2CCOCC2)c[nH]1. The molecular weight excluding hydrogens is 342 g/mol. The van der Waals surface area contributed by atoms with E-state index in [2.05, 4.69) is 18.8 Å². The van der Waals surface area contributed by atoms with Gasteiger partial charge in [0.15, 0.2) is 0 Å². The Labute approximate surface area is 150 Å². The van der Waals surface area contributed by atoms with Gasteiger partial charge in [-0.15, -0.1) is 0 Å². The Hall–Kier alpha value is -1.38. The third-order valence-corrected chi connectivity index (χ3v) is 6.67. The lowest BCUT2D eigenvalue weighted by molar-refractivity contribution is 0.0727. The van der Waals surface area contributed by atoms with E-state index in [9.17, 15) is 13.2 Å². The molecule has 1 saturated heterocycles. The van der Waals surface area contributed by atoms with Crippen LogP contribution in [0.5, 0.6) is 0 Å². The molecule has 1 amide bonds. The number of ether oxygens (including phenoxy) is 1. The summed E-state index contributed by atoms with van der Waals surface area (Å²) in [6, 6.07) is 1.45. The summed E-state index contributed by atoms with van der Waals surface area (Å²) in [6.45, 7) is 8.94. The van der Waals surface area contributed by atoms with Gasteiger partial charge in [-0.2, -0.15) is 4.31 Å². The van der Waals surface area contributed by atoms with Crippen molar-refractivity contribution in [1.82, 2.24) is 14.2 Å². The largest absolute Gasteiger partial charge is 0.379 e. The molecule has 25 heavy (non-hydrogen) atoms. The van der Waals surface area contributed by atoms with E-state index in [1.54, 1.807) is 4.90 Å². The zero-order valence-electron chi connectivity index (χ0n) is 15.3. The van der Waals surface area contributed by atoms with Gasteiger partial charge in [0.05, 0.1) is 13.2 Å². The van der Waals surface area contributed by atoms with Crippen molar-refractivity contribution in [3.63, 3.8) is 0 Å². The van der Waals surface area contributed by atoms with Crippen molar-refractivity contribution in [2.24, 2.45) is 5.92 Å². The Morgan fingerprint density at radius 1 is 1.28 bits per heavy atom. The fraction of sp³-hybridized carbons (Fsp3) is 0.706. The average molecular weight is 372 g/mol. The summed E-state index contributed by atoms with van der Waals surface area (Å²) < 4.78 is 31.9. The minimum absolute atomic E-state index is 0.135. The zero-order chi connectivity index (χ0) is 18.4. The maximum absolute atomic E-state index is 12.7. The van der Waals surface area contributed by atoms with Crippen LogP contribution in [0.2, 0.25) is 0 Å². The van der Waals surface area contributed by atoms with Gasteiger partial charge in [-0.05, 0) is 18.9 Å². The van der Waals surface area contributed by atoms with Crippen LogP contribution in [0.1, 0.15) is 44.1 Å². The lowest BCUT2D eigenvalue weighted by Crippen LogP contribution is -2.40. The molecule has 2 rings (SSSR count). The average Bonchev–Trinajstić information content (AvgIpc) is 3.14. The van der Waals surface area contributed by atoms with E-state index >= 15 is 0 Å². The number of carbonyl (C=O) groups excluding carboxylic acids is 1. The standard InChI is InChI=1S/C17H29N3O4S/c1-4-14(5-2)13-19(6-3)17(21)16-11-15(12-18-16)25(22,23)20-7-9-24-10-8-20/h11-12,14,18H,4-10,13H2,1-3H3. The van der Waals surface area contributed by atoms with Crippen LogP contribution in [0.4, 0.5) is 0 Å². The first kappa shape index (κ1) is 19.9. The van der Waals surface area contributed by atoms with Crippen molar-refractivity contribution >= 4 is 15.9 Å². The molecule has 0 spiro atoms. The Bertz CT molecular complexity index is 661. The molecular formula is C17H29N3O4S. The van der Waals surface area contributed by atoms with E-state index in [0.717, 1.165) is 12.8 Å². The summed E-state index contributed by atoms with van der Waals surface area (Å²) in [4.78, 5) is 17.5. The number of nitrogens with zero attached hydrogens (tertiary/aromatic N) is 2. The number of nitrogens with one attached hydrogen (secondary N) is 1. The lowest BCUT2D eigenvalue weighted by Gasteiger charge is -2.25. The summed E-state index contributed by atoms with van der Waals surface area (Å²) >= 11 is 0. The van der Waals surface area contributed by atoms with Gasteiger partial charge < -0.3 is 14.6 Å². The molecule has 1 aliphatic rings. The lowest BCUT2D eigenvalue weighted by atomic mass is 10.0. The Morgan fingerprint density at radius 2 is 1.92 bits per heavy atom. The van der Waals surface area contributed by atoms with E-state index in [1.165, 1.54) is 16.6 Å². The maximum atomic E-state index is 12.7. The van der Waals surface area contributed by atoms with Gasteiger partial charge in [0.2, 0.25) is 10.0 Å². The second-order valence-electron chi connectivity index (χ2n) is 6.29. The summed E-state index contributed by atoms with van der Waals surface area (Å²) in [5.41, 5.74) is 0.319. The predicted octanol–water partition coefficient (Wildman–Crippen LogP) is 1.93. The van der Waals surface area contributed by atoms with Crippen LogP contribution in [-0.4, -0.2) is 67.9 Å². The number of aromatic amines is 1. The summed E-state index contributed by atoms with van der Waals surface area (Å²) in [5.74, 6) is 0.299. The van der Waals surface area contributed by atoms with E-state index < -0.39 is 10.0 Å². The minimum atomic E-state index is -3.59. The predicted molar refractivity (Wildman–Crippen MR) is 96.0 cm³/mol. The van der Waals surface area contributed by atoms with Crippen LogP contribution in [0, 0.1) is 5.92 Å². The van der Waals surface area contributed by atoms with Crippen molar-refractivity contribution in [3.8, 4) is 0 Å². The molecule has 1 fully saturated rings. The van der Waals surface area contributed by atoms with Gasteiger partial charge in [0.1, 0.15) is 10.6 Å². The van der Waals surface area contributed by atoms with Gasteiger partial charge in [-0.25, -0.2) is 8.42 Å². The molecule has 0 radical (unpaired) electrons. The van der Waals surface area contributed by atoms with Crippen molar-refractivity contribution < 1.29 is 17.9 Å². The smallest absolute Gasteiger partial charge is 0.270 e. The van der Waals surface area contributed by atoms with Crippen LogP contribution in [0.15, 0.2) is 17.2 Å². The van der Waals surface area contributed by atoms with E-state index in [0.29, 0.717) is 51.0 Å². The van der Waals surface area contributed by atoms with Crippen LogP contribution >= 0.6 is 0 Å². The number of morpholine rings is 1. The van der Waals surface area contributed by atoms with Crippen molar-refractivity contribution in [2.75, 3.05) is 39.4 Å². The number of hydrogen-bond donors (Lipinski definition) is 1. The fourth-order valence-electron chi connectivity index (χ4n) is 2.97. The molecule has 0 unspecified atom stereocenters. The monoisotopic (exact) mass is 371 g/mol. The van der Waals surface area contributed by atoms with Crippen LogP contribution in [-0.2, 0) is 14.8 Å². The highest BCUT2D eigenvalue weighted by Gasteiger charge is 2.28. The van der Waals surface area contributed by atoms with Crippen LogP contribution in [0.25, 0.3) is 0 Å². The number of sulfonamides is 1. The summed E-state index contributed by atoms with van der Waals surface area (Å²) in [5, 5.41) is 0. The minimum Gasteiger partial charge on any atom is -0.379 e. The summed E-state index contributed by atoms with van der Waals surface area (Å²) in [7, 11) is -3.59. The Morgan fingerprint density at radius 3 is 2.48 bits per heavy atom. The van der Waals surface area contributed by atoms with Crippen molar-refractivity contribution in [2.45, 2.75) is 38.5 Å². The molecule has 0 saturated carbocycles. The first-order valence-electron chi connectivity index (χ1n) is 8.99. The highest BCUT2D eigenvalue weighted by Crippen LogP contribution is 2.19. The molecule has 142 valence electrons. The normalized spacial score (nSPS) is 16.3. The molecule has 2 heterocycles. The molecule has 1 N–H and O–H groups in total.